The van der Waals surface area contributed by atoms with E-state index in [1.165, 1.54) is 11.8 Å². The van der Waals surface area contributed by atoms with Crippen molar-refractivity contribution in [1.29, 1.82) is 0 Å². The predicted octanol–water partition coefficient (Wildman–Crippen LogP) is 5.89. The first-order valence-corrected chi connectivity index (χ1v) is 12.5. The van der Waals surface area contributed by atoms with Gasteiger partial charge in [0.15, 0.2) is 11.8 Å². The van der Waals surface area contributed by atoms with Gasteiger partial charge in [0, 0.05) is 26.9 Å². The molecule has 0 fully saturated rings. The number of fused-ring (bicyclic) bond motifs is 1. The number of ether oxygens (including phenoxy) is 2. The highest BCUT2D eigenvalue weighted by atomic mass is 79.9. The zero-order valence-electron chi connectivity index (χ0n) is 18.4. The molecule has 0 saturated carbocycles. The minimum atomic E-state index is -0.527. The van der Waals surface area contributed by atoms with Gasteiger partial charge in [0.05, 0.1) is 23.9 Å². The maximum Gasteiger partial charge on any atom is 0.338 e. The number of hydrogen-bond donors (Lipinski definition) is 1. The zero-order chi connectivity index (χ0) is 24.2. The summed E-state index contributed by atoms with van der Waals surface area (Å²) in [5.74, 6) is -0.311. The second-order valence-electron chi connectivity index (χ2n) is 7.36. The molecule has 1 amide bonds. The summed E-state index contributed by atoms with van der Waals surface area (Å²) in [4.78, 5) is 32.0. The van der Waals surface area contributed by atoms with E-state index in [0.29, 0.717) is 33.3 Å². The first kappa shape index (κ1) is 24.4. The van der Waals surface area contributed by atoms with Crippen molar-refractivity contribution in [2.75, 3.05) is 18.5 Å². The van der Waals surface area contributed by atoms with Gasteiger partial charge in [-0.1, -0.05) is 45.4 Å². The molecule has 2 aromatic rings. The lowest BCUT2D eigenvalue weighted by molar-refractivity contribution is -0.139. The van der Waals surface area contributed by atoms with Crippen molar-refractivity contribution in [3.8, 4) is 5.75 Å². The van der Waals surface area contributed by atoms with E-state index in [-0.39, 0.29) is 19.1 Å². The van der Waals surface area contributed by atoms with Gasteiger partial charge in [-0.3, -0.25) is 4.79 Å². The van der Waals surface area contributed by atoms with Crippen molar-refractivity contribution < 1.29 is 19.1 Å². The summed E-state index contributed by atoms with van der Waals surface area (Å²) < 4.78 is 12.1. The van der Waals surface area contributed by atoms with Crippen molar-refractivity contribution in [3.05, 3.63) is 80.4 Å². The van der Waals surface area contributed by atoms with Gasteiger partial charge in [0.2, 0.25) is 0 Å². The highest BCUT2D eigenvalue weighted by Crippen LogP contribution is 2.44. The van der Waals surface area contributed by atoms with Crippen molar-refractivity contribution in [1.82, 2.24) is 4.90 Å². The van der Waals surface area contributed by atoms with Crippen molar-refractivity contribution >= 4 is 62.0 Å². The number of amides is 1. The zero-order valence-corrected chi connectivity index (χ0v) is 21.5. The van der Waals surface area contributed by atoms with Gasteiger partial charge in [-0.15, -0.1) is 0 Å². The van der Waals surface area contributed by atoms with E-state index in [2.05, 4.69) is 26.2 Å². The van der Waals surface area contributed by atoms with Gasteiger partial charge in [-0.2, -0.15) is 0 Å². The van der Waals surface area contributed by atoms with Gasteiger partial charge >= 0.3 is 5.97 Å². The van der Waals surface area contributed by atoms with Crippen LogP contribution in [0.25, 0.3) is 0 Å². The van der Waals surface area contributed by atoms with E-state index >= 15 is 0 Å². The minimum Gasteiger partial charge on any atom is -0.483 e. The molecule has 0 spiro atoms. The van der Waals surface area contributed by atoms with Crippen LogP contribution in [0.4, 0.5) is 5.69 Å². The molecule has 10 heteroatoms. The second kappa shape index (κ2) is 10.7. The Labute approximate surface area is 215 Å². The predicted molar refractivity (Wildman–Crippen MR) is 138 cm³/mol. The first-order chi connectivity index (χ1) is 16.4. The Bertz CT molecular complexity index is 1230. The largest absolute Gasteiger partial charge is 0.483 e. The fraction of sp³-hybridized carbons (Fsp3) is 0.208. The lowest BCUT2D eigenvalue weighted by Gasteiger charge is -2.34. The normalized spacial score (nSPS) is 16.8. The van der Waals surface area contributed by atoms with Crippen LogP contribution in [-0.2, 0) is 14.3 Å². The summed E-state index contributed by atoms with van der Waals surface area (Å²) >= 11 is 11.0. The number of aliphatic imine (C=N–C) groups is 1. The third-order valence-corrected chi connectivity index (χ3v) is 6.55. The molecule has 4 rings (SSSR count). The van der Waals surface area contributed by atoms with Crippen LogP contribution in [0.15, 0.2) is 74.8 Å². The Hall–Kier alpha value is -2.75. The van der Waals surface area contributed by atoms with Crippen LogP contribution < -0.4 is 10.1 Å². The molecule has 0 saturated heterocycles. The summed E-state index contributed by atoms with van der Waals surface area (Å²) in [7, 11) is 0. The van der Waals surface area contributed by atoms with E-state index in [1.807, 2.05) is 28.6 Å². The molecular formula is C24H21BrClN3O4S. The fourth-order valence-corrected chi connectivity index (χ4v) is 5.01. The fourth-order valence-electron chi connectivity index (χ4n) is 3.65. The van der Waals surface area contributed by atoms with Crippen molar-refractivity contribution in [2.24, 2.45) is 4.99 Å². The number of carbonyl (C=O) groups excluding carboxylic acids is 2. The Balaban J connectivity index is 1.64. The highest BCUT2D eigenvalue weighted by Gasteiger charge is 2.39. The molecule has 176 valence electrons. The summed E-state index contributed by atoms with van der Waals surface area (Å²) in [5.41, 5.74) is 2.28. The topological polar surface area (TPSA) is 80.2 Å². The van der Waals surface area contributed by atoms with Crippen LogP contribution in [-0.4, -0.2) is 35.2 Å². The minimum absolute atomic E-state index is 0.225. The van der Waals surface area contributed by atoms with E-state index < -0.39 is 12.0 Å². The molecule has 34 heavy (non-hydrogen) atoms. The molecule has 0 bridgehead atoms. The standard InChI is InChI=1S/C24H21BrClN3O4S/c1-3-32-23(31)21-14(2)27-24-29(9-10-34-24)22(21)18-11-15(25)7-8-19(18)33-13-20(30)28-17-6-4-5-16(26)12-17/h4-12,22H,3,13H2,1-2H3,(H,28,30)/t22-/m1/s1. The first-order valence-electron chi connectivity index (χ1n) is 10.4. The molecule has 1 N–H and O–H groups in total. The number of thioether (sulfide) groups is 1. The molecule has 0 aliphatic carbocycles. The number of nitrogens with one attached hydrogen (secondary N) is 1. The Morgan fingerprint density at radius 3 is 2.85 bits per heavy atom. The molecule has 2 aliphatic heterocycles. The van der Waals surface area contributed by atoms with Gasteiger partial charge in [0.25, 0.3) is 5.91 Å². The SMILES string of the molecule is CCOC(=O)C1=C(C)N=C2SC=CN2[C@@H]1c1cc(Br)ccc1OCC(=O)Nc1cccc(Cl)c1. The number of halogens is 2. The lowest BCUT2D eigenvalue weighted by atomic mass is 9.94. The average Bonchev–Trinajstić information content (AvgIpc) is 3.25. The number of carbonyl (C=O) groups is 2. The Morgan fingerprint density at radius 2 is 2.09 bits per heavy atom. The third kappa shape index (κ3) is 5.32. The van der Waals surface area contributed by atoms with Crippen molar-refractivity contribution in [2.45, 2.75) is 19.9 Å². The van der Waals surface area contributed by atoms with Crippen LogP contribution in [0, 0.1) is 0 Å². The maximum absolute atomic E-state index is 12.9. The van der Waals surface area contributed by atoms with Crippen molar-refractivity contribution in [3.63, 3.8) is 0 Å². The van der Waals surface area contributed by atoms with E-state index in [1.54, 1.807) is 44.2 Å². The number of nitrogens with zero attached hydrogens (tertiary/aromatic N) is 2. The molecule has 7 nitrogen and oxygen atoms in total. The molecule has 0 unspecified atom stereocenters. The van der Waals surface area contributed by atoms with Crippen LogP contribution in [0.2, 0.25) is 5.02 Å². The molecular weight excluding hydrogens is 542 g/mol. The molecule has 2 aromatic carbocycles. The lowest BCUT2D eigenvalue weighted by Crippen LogP contribution is -2.34. The number of amidine groups is 1. The van der Waals surface area contributed by atoms with Crippen LogP contribution >= 0.6 is 39.3 Å². The molecule has 0 radical (unpaired) electrons. The van der Waals surface area contributed by atoms with E-state index in [9.17, 15) is 9.59 Å². The maximum atomic E-state index is 12.9. The monoisotopic (exact) mass is 561 g/mol. The molecule has 2 heterocycles. The summed E-state index contributed by atoms with van der Waals surface area (Å²) in [6.07, 6.45) is 1.87. The molecule has 1 atom stereocenters. The number of hydrogen-bond acceptors (Lipinski definition) is 7. The molecule has 0 aromatic heterocycles. The van der Waals surface area contributed by atoms with Gasteiger partial charge in [-0.25, -0.2) is 9.79 Å². The quantitative estimate of drug-likeness (QED) is 0.424. The van der Waals surface area contributed by atoms with E-state index in [4.69, 9.17) is 21.1 Å². The summed E-state index contributed by atoms with van der Waals surface area (Å²) in [6.45, 7) is 3.57. The number of rotatable bonds is 7. The van der Waals surface area contributed by atoms with E-state index in [0.717, 1.165) is 9.64 Å². The second-order valence-corrected chi connectivity index (χ2v) is 9.58. The van der Waals surface area contributed by atoms with Crippen LogP contribution in [0.5, 0.6) is 5.75 Å². The van der Waals surface area contributed by atoms with Crippen LogP contribution in [0.1, 0.15) is 25.5 Å². The van der Waals surface area contributed by atoms with Crippen LogP contribution in [0.3, 0.4) is 0 Å². The molecule has 2 aliphatic rings. The number of allylic oxidation sites excluding steroid dienone is 1. The number of anilines is 1. The Kier molecular flexibility index (Phi) is 7.65. The third-order valence-electron chi connectivity index (χ3n) is 5.05. The number of esters is 1. The smallest absolute Gasteiger partial charge is 0.338 e. The van der Waals surface area contributed by atoms with Gasteiger partial charge in [0.1, 0.15) is 5.75 Å². The highest BCUT2D eigenvalue weighted by molar-refractivity contribution is 9.10. The van der Waals surface area contributed by atoms with Gasteiger partial charge in [-0.05, 0) is 55.7 Å². The summed E-state index contributed by atoms with van der Waals surface area (Å²) in [6, 6.07) is 11.8. The average molecular weight is 563 g/mol. The van der Waals surface area contributed by atoms with Gasteiger partial charge < -0.3 is 19.7 Å². The number of benzene rings is 2. The Morgan fingerprint density at radius 1 is 1.26 bits per heavy atom. The summed E-state index contributed by atoms with van der Waals surface area (Å²) in [5, 5.41) is 5.95.